The van der Waals surface area contributed by atoms with Crippen molar-refractivity contribution in [1.29, 1.82) is 0 Å². The van der Waals surface area contributed by atoms with E-state index in [-0.39, 0.29) is 17.7 Å². The number of amides is 1. The number of nitrogen functional groups attached to an aromatic ring is 1. The lowest BCUT2D eigenvalue weighted by atomic mass is 9.97. The Kier molecular flexibility index (Phi) is 3.88. The molecule has 3 N–H and O–H groups in total. The molecule has 0 fully saturated rings. The molecule has 16 heavy (non-hydrogen) atoms. The summed E-state index contributed by atoms with van der Waals surface area (Å²) < 4.78 is 13.0. The number of carbonyl (C=O) groups is 1. The zero-order chi connectivity index (χ0) is 12.3. The van der Waals surface area contributed by atoms with E-state index in [0.717, 1.165) is 0 Å². The molecule has 0 aliphatic heterocycles. The number of halogens is 1. The summed E-state index contributed by atoms with van der Waals surface area (Å²) in [6.07, 6.45) is 0. The summed E-state index contributed by atoms with van der Waals surface area (Å²) in [7, 11) is 0. The Hall–Kier alpha value is -1.58. The van der Waals surface area contributed by atoms with Crippen LogP contribution < -0.4 is 11.1 Å². The highest BCUT2D eigenvalue weighted by molar-refractivity contribution is 5.95. The van der Waals surface area contributed by atoms with Crippen LogP contribution in [0.3, 0.4) is 0 Å². The van der Waals surface area contributed by atoms with Gasteiger partial charge in [-0.2, -0.15) is 0 Å². The molecule has 0 saturated heterocycles. The van der Waals surface area contributed by atoms with Crippen LogP contribution in [-0.4, -0.2) is 5.91 Å². The smallest absolute Gasteiger partial charge is 0.227 e. The summed E-state index contributed by atoms with van der Waals surface area (Å²) in [5.41, 5.74) is 6.33. The molecule has 0 radical (unpaired) electrons. The Morgan fingerprint density at radius 1 is 1.38 bits per heavy atom. The van der Waals surface area contributed by atoms with Gasteiger partial charge in [0.2, 0.25) is 5.91 Å². The monoisotopic (exact) mass is 224 g/mol. The Balaban J connectivity index is 2.80. The van der Waals surface area contributed by atoms with Gasteiger partial charge in [0, 0.05) is 5.92 Å². The third kappa shape index (κ3) is 2.95. The van der Waals surface area contributed by atoms with Gasteiger partial charge in [0.05, 0.1) is 11.4 Å². The van der Waals surface area contributed by atoms with E-state index in [1.54, 1.807) is 0 Å². The normalized spacial score (nSPS) is 12.6. The average Bonchev–Trinajstić information content (AvgIpc) is 2.22. The van der Waals surface area contributed by atoms with Crippen molar-refractivity contribution in [1.82, 2.24) is 0 Å². The molecule has 0 bridgehead atoms. The standard InChI is InChI=1S/C12H17FN2O/c1-7(2)8(3)12(16)15-11-6-9(13)4-5-10(11)14/h4-8H,14H2,1-3H3,(H,15,16). The highest BCUT2D eigenvalue weighted by Gasteiger charge is 2.17. The third-order valence-corrected chi connectivity index (χ3v) is 2.69. The van der Waals surface area contributed by atoms with Crippen LogP contribution in [0.25, 0.3) is 0 Å². The van der Waals surface area contributed by atoms with Gasteiger partial charge < -0.3 is 11.1 Å². The summed E-state index contributed by atoms with van der Waals surface area (Å²) in [6.45, 7) is 5.74. The lowest BCUT2D eigenvalue weighted by Crippen LogP contribution is -2.24. The molecule has 1 amide bonds. The van der Waals surface area contributed by atoms with Crippen molar-refractivity contribution in [3.63, 3.8) is 0 Å². The molecule has 1 aromatic carbocycles. The van der Waals surface area contributed by atoms with Crippen LogP contribution in [-0.2, 0) is 4.79 Å². The molecule has 3 nitrogen and oxygen atoms in total. The van der Waals surface area contributed by atoms with Gasteiger partial charge in [0.15, 0.2) is 0 Å². The van der Waals surface area contributed by atoms with Crippen LogP contribution in [0.1, 0.15) is 20.8 Å². The summed E-state index contributed by atoms with van der Waals surface area (Å²) >= 11 is 0. The minimum absolute atomic E-state index is 0.136. The molecular weight excluding hydrogens is 207 g/mol. The first-order valence-corrected chi connectivity index (χ1v) is 5.27. The van der Waals surface area contributed by atoms with E-state index in [4.69, 9.17) is 5.73 Å². The zero-order valence-electron chi connectivity index (χ0n) is 9.75. The van der Waals surface area contributed by atoms with Crippen LogP contribution in [0.2, 0.25) is 0 Å². The van der Waals surface area contributed by atoms with E-state index in [1.807, 2.05) is 20.8 Å². The minimum atomic E-state index is -0.415. The maximum atomic E-state index is 13.0. The second kappa shape index (κ2) is 4.96. The minimum Gasteiger partial charge on any atom is -0.397 e. The molecule has 0 aromatic heterocycles. The van der Waals surface area contributed by atoms with Crippen LogP contribution in [0.15, 0.2) is 18.2 Å². The maximum absolute atomic E-state index is 13.0. The summed E-state index contributed by atoms with van der Waals surface area (Å²) in [5, 5.41) is 2.63. The highest BCUT2D eigenvalue weighted by Crippen LogP contribution is 2.21. The average molecular weight is 224 g/mol. The Bertz CT molecular complexity index is 391. The number of carbonyl (C=O) groups excluding carboxylic acids is 1. The van der Waals surface area contributed by atoms with Crippen molar-refractivity contribution in [2.45, 2.75) is 20.8 Å². The van der Waals surface area contributed by atoms with Crippen molar-refractivity contribution >= 4 is 17.3 Å². The lowest BCUT2D eigenvalue weighted by molar-refractivity contribution is -0.120. The number of hydrogen-bond acceptors (Lipinski definition) is 2. The third-order valence-electron chi connectivity index (χ3n) is 2.69. The van der Waals surface area contributed by atoms with Crippen molar-refractivity contribution in [2.75, 3.05) is 11.1 Å². The quantitative estimate of drug-likeness (QED) is 0.775. The van der Waals surface area contributed by atoms with Crippen LogP contribution in [0.4, 0.5) is 15.8 Å². The lowest BCUT2D eigenvalue weighted by Gasteiger charge is -2.16. The Labute approximate surface area is 94.8 Å². The summed E-state index contributed by atoms with van der Waals surface area (Å²) in [5.74, 6) is -0.466. The maximum Gasteiger partial charge on any atom is 0.227 e. The van der Waals surface area contributed by atoms with E-state index in [0.29, 0.717) is 11.4 Å². The topological polar surface area (TPSA) is 55.1 Å². The van der Waals surface area contributed by atoms with E-state index in [2.05, 4.69) is 5.32 Å². The zero-order valence-corrected chi connectivity index (χ0v) is 9.75. The molecule has 0 saturated carbocycles. The van der Waals surface area contributed by atoms with Gasteiger partial charge in [-0.15, -0.1) is 0 Å². The Morgan fingerprint density at radius 2 is 2.00 bits per heavy atom. The van der Waals surface area contributed by atoms with Crippen LogP contribution in [0.5, 0.6) is 0 Å². The van der Waals surface area contributed by atoms with Gasteiger partial charge >= 0.3 is 0 Å². The molecule has 1 unspecified atom stereocenters. The number of benzene rings is 1. The van der Waals surface area contributed by atoms with E-state index in [9.17, 15) is 9.18 Å². The highest BCUT2D eigenvalue weighted by atomic mass is 19.1. The number of nitrogens with one attached hydrogen (secondary N) is 1. The molecule has 88 valence electrons. The molecule has 0 aliphatic rings. The SMILES string of the molecule is CC(C)C(C)C(=O)Nc1cc(F)ccc1N. The molecule has 0 spiro atoms. The van der Waals surface area contributed by atoms with Gasteiger partial charge in [-0.1, -0.05) is 20.8 Å². The van der Waals surface area contributed by atoms with Crippen molar-refractivity contribution in [3.8, 4) is 0 Å². The largest absolute Gasteiger partial charge is 0.397 e. The Morgan fingerprint density at radius 3 is 2.56 bits per heavy atom. The molecule has 1 aromatic rings. The van der Waals surface area contributed by atoms with Crippen LogP contribution >= 0.6 is 0 Å². The first-order chi connectivity index (χ1) is 7.41. The predicted octanol–water partition coefficient (Wildman–Crippen LogP) is 2.64. The summed E-state index contributed by atoms with van der Waals surface area (Å²) in [4.78, 5) is 11.7. The molecule has 4 heteroatoms. The van der Waals surface area contributed by atoms with Crippen molar-refractivity contribution < 1.29 is 9.18 Å². The summed E-state index contributed by atoms with van der Waals surface area (Å²) in [6, 6.07) is 3.92. The van der Waals surface area contributed by atoms with E-state index in [1.165, 1.54) is 18.2 Å². The van der Waals surface area contributed by atoms with Crippen molar-refractivity contribution in [3.05, 3.63) is 24.0 Å². The molecule has 0 heterocycles. The fraction of sp³-hybridized carbons (Fsp3) is 0.417. The molecular formula is C12H17FN2O. The van der Waals surface area contributed by atoms with E-state index < -0.39 is 5.82 Å². The van der Waals surface area contributed by atoms with Gasteiger partial charge in [0.25, 0.3) is 0 Å². The van der Waals surface area contributed by atoms with Gasteiger partial charge in [-0.3, -0.25) is 4.79 Å². The first-order valence-electron chi connectivity index (χ1n) is 5.27. The van der Waals surface area contributed by atoms with Gasteiger partial charge in [-0.05, 0) is 24.1 Å². The number of nitrogens with two attached hydrogens (primary N) is 1. The fourth-order valence-corrected chi connectivity index (χ4v) is 1.19. The van der Waals surface area contributed by atoms with Gasteiger partial charge in [-0.25, -0.2) is 4.39 Å². The number of hydrogen-bond donors (Lipinski definition) is 2. The predicted molar refractivity (Wildman–Crippen MR) is 63.4 cm³/mol. The second-order valence-electron chi connectivity index (χ2n) is 4.25. The molecule has 1 atom stereocenters. The van der Waals surface area contributed by atoms with Gasteiger partial charge in [0.1, 0.15) is 5.82 Å². The molecule has 1 rings (SSSR count). The van der Waals surface area contributed by atoms with Crippen LogP contribution in [0, 0.1) is 17.7 Å². The number of anilines is 2. The molecule has 0 aliphatic carbocycles. The second-order valence-corrected chi connectivity index (χ2v) is 4.25. The van der Waals surface area contributed by atoms with E-state index >= 15 is 0 Å². The fourth-order valence-electron chi connectivity index (χ4n) is 1.19. The number of rotatable bonds is 3. The van der Waals surface area contributed by atoms with Crippen molar-refractivity contribution in [2.24, 2.45) is 11.8 Å². The first kappa shape index (κ1) is 12.5.